The number of ether oxygens (including phenoxy) is 1. The smallest absolute Gasteiger partial charge is 0.119 e. The van der Waals surface area contributed by atoms with E-state index in [1.807, 2.05) is 45.0 Å². The van der Waals surface area contributed by atoms with E-state index in [2.05, 4.69) is 5.48 Å². The van der Waals surface area contributed by atoms with E-state index in [0.29, 0.717) is 6.54 Å². The third-order valence-corrected chi connectivity index (χ3v) is 2.13. The molecule has 0 bridgehead atoms. The standard InChI is InChI=1S/C13H21NO3/c1-13(2,3)17-14-9-12(15)10-6-5-7-11(8-10)16-4/h5-8,12,14-15H,9H2,1-4H3. The van der Waals surface area contributed by atoms with Crippen molar-refractivity contribution in [2.24, 2.45) is 0 Å². The summed E-state index contributed by atoms with van der Waals surface area (Å²) < 4.78 is 5.10. The van der Waals surface area contributed by atoms with Gasteiger partial charge in [-0.3, -0.25) is 4.84 Å². The predicted octanol–water partition coefficient (Wildman–Crippen LogP) is 2.05. The van der Waals surface area contributed by atoms with Gasteiger partial charge in [-0.1, -0.05) is 12.1 Å². The summed E-state index contributed by atoms with van der Waals surface area (Å²) in [6.07, 6.45) is -0.618. The minimum Gasteiger partial charge on any atom is -0.497 e. The monoisotopic (exact) mass is 239 g/mol. The molecule has 1 atom stereocenters. The molecule has 4 heteroatoms. The van der Waals surface area contributed by atoms with Crippen LogP contribution in [0.3, 0.4) is 0 Å². The number of aliphatic hydroxyl groups is 1. The Labute approximate surface area is 103 Å². The minimum atomic E-state index is -0.618. The van der Waals surface area contributed by atoms with Crippen molar-refractivity contribution >= 4 is 0 Å². The fraction of sp³-hybridized carbons (Fsp3) is 0.538. The molecule has 1 rings (SSSR count). The molecule has 0 fully saturated rings. The normalized spacial score (nSPS) is 13.5. The molecule has 0 saturated heterocycles. The molecule has 1 aromatic carbocycles. The minimum absolute atomic E-state index is 0.270. The number of rotatable bonds is 5. The van der Waals surface area contributed by atoms with Gasteiger partial charge in [0.05, 0.1) is 25.4 Å². The van der Waals surface area contributed by atoms with E-state index < -0.39 is 6.10 Å². The predicted molar refractivity (Wildman–Crippen MR) is 66.8 cm³/mol. The van der Waals surface area contributed by atoms with Crippen LogP contribution in [0, 0.1) is 0 Å². The van der Waals surface area contributed by atoms with Gasteiger partial charge in [0.25, 0.3) is 0 Å². The van der Waals surface area contributed by atoms with Crippen LogP contribution < -0.4 is 10.2 Å². The first-order chi connectivity index (χ1) is 7.92. The first-order valence-electron chi connectivity index (χ1n) is 5.65. The maximum atomic E-state index is 9.94. The fourth-order valence-corrected chi connectivity index (χ4v) is 1.30. The van der Waals surface area contributed by atoms with Crippen LogP contribution in [-0.2, 0) is 4.84 Å². The summed E-state index contributed by atoms with van der Waals surface area (Å²) in [4.78, 5) is 5.34. The van der Waals surface area contributed by atoms with Crippen molar-refractivity contribution in [2.75, 3.05) is 13.7 Å². The van der Waals surface area contributed by atoms with E-state index in [4.69, 9.17) is 9.57 Å². The van der Waals surface area contributed by atoms with Gasteiger partial charge in [0.2, 0.25) is 0 Å². The summed E-state index contributed by atoms with van der Waals surface area (Å²) in [5.41, 5.74) is 3.30. The lowest BCUT2D eigenvalue weighted by molar-refractivity contribution is -0.0834. The number of benzene rings is 1. The van der Waals surface area contributed by atoms with Crippen LogP contribution in [0.2, 0.25) is 0 Å². The molecule has 0 radical (unpaired) electrons. The van der Waals surface area contributed by atoms with Crippen LogP contribution >= 0.6 is 0 Å². The molecule has 0 aliphatic carbocycles. The first kappa shape index (κ1) is 14.0. The summed E-state index contributed by atoms with van der Waals surface area (Å²) in [6, 6.07) is 7.35. The van der Waals surface area contributed by atoms with Crippen LogP contribution in [-0.4, -0.2) is 24.4 Å². The van der Waals surface area contributed by atoms with E-state index in [-0.39, 0.29) is 5.60 Å². The zero-order chi connectivity index (χ0) is 12.9. The molecule has 1 unspecified atom stereocenters. The van der Waals surface area contributed by atoms with Crippen LogP contribution in [0.25, 0.3) is 0 Å². The Morgan fingerprint density at radius 1 is 1.35 bits per heavy atom. The van der Waals surface area contributed by atoms with Crippen molar-refractivity contribution in [3.63, 3.8) is 0 Å². The Balaban J connectivity index is 2.49. The summed E-state index contributed by atoms with van der Waals surface area (Å²) in [6.45, 7) is 6.16. The molecule has 0 heterocycles. The van der Waals surface area contributed by atoms with E-state index in [0.717, 1.165) is 11.3 Å². The SMILES string of the molecule is COc1cccc(C(O)CNOC(C)(C)C)c1. The molecule has 96 valence electrons. The van der Waals surface area contributed by atoms with E-state index >= 15 is 0 Å². The van der Waals surface area contributed by atoms with Gasteiger partial charge < -0.3 is 9.84 Å². The molecular weight excluding hydrogens is 218 g/mol. The first-order valence-corrected chi connectivity index (χ1v) is 5.65. The van der Waals surface area contributed by atoms with Crippen molar-refractivity contribution in [2.45, 2.75) is 32.5 Å². The molecule has 0 aromatic heterocycles. The van der Waals surface area contributed by atoms with Crippen LogP contribution in [0.5, 0.6) is 5.75 Å². The molecule has 1 aromatic rings. The number of hydroxylamine groups is 1. The zero-order valence-electron chi connectivity index (χ0n) is 10.9. The summed E-state index contributed by atoms with van der Waals surface area (Å²) >= 11 is 0. The van der Waals surface area contributed by atoms with E-state index in [1.165, 1.54) is 0 Å². The Bertz CT molecular complexity index is 347. The van der Waals surface area contributed by atoms with Gasteiger partial charge in [0.15, 0.2) is 0 Å². The molecule has 0 saturated carbocycles. The van der Waals surface area contributed by atoms with Crippen molar-refractivity contribution < 1.29 is 14.7 Å². The van der Waals surface area contributed by atoms with Gasteiger partial charge in [-0.15, -0.1) is 0 Å². The van der Waals surface area contributed by atoms with E-state index in [1.54, 1.807) is 7.11 Å². The Morgan fingerprint density at radius 2 is 2.06 bits per heavy atom. The van der Waals surface area contributed by atoms with Crippen molar-refractivity contribution in [3.05, 3.63) is 29.8 Å². The molecule has 0 aliphatic rings. The fourth-order valence-electron chi connectivity index (χ4n) is 1.30. The average Bonchev–Trinajstić information content (AvgIpc) is 2.27. The maximum Gasteiger partial charge on any atom is 0.119 e. The zero-order valence-corrected chi connectivity index (χ0v) is 10.9. The van der Waals surface area contributed by atoms with Gasteiger partial charge in [-0.2, -0.15) is 5.48 Å². The number of hydrogen-bond acceptors (Lipinski definition) is 4. The highest BCUT2D eigenvalue weighted by Crippen LogP contribution is 2.18. The summed E-state index contributed by atoms with van der Waals surface area (Å²) in [5, 5.41) is 9.94. The molecule has 4 nitrogen and oxygen atoms in total. The average molecular weight is 239 g/mol. The largest absolute Gasteiger partial charge is 0.497 e. The number of hydrogen-bond donors (Lipinski definition) is 2. The Kier molecular flexibility index (Phi) is 4.93. The van der Waals surface area contributed by atoms with Crippen LogP contribution in [0.4, 0.5) is 0 Å². The lowest BCUT2D eigenvalue weighted by Crippen LogP contribution is -2.31. The number of aliphatic hydroxyl groups excluding tert-OH is 1. The van der Waals surface area contributed by atoms with Gasteiger partial charge in [0.1, 0.15) is 5.75 Å². The molecule has 2 N–H and O–H groups in total. The second kappa shape index (κ2) is 6.00. The Morgan fingerprint density at radius 3 is 2.65 bits per heavy atom. The highest BCUT2D eigenvalue weighted by atomic mass is 16.7. The Hall–Kier alpha value is -1.10. The van der Waals surface area contributed by atoms with Crippen molar-refractivity contribution in [3.8, 4) is 5.75 Å². The third kappa shape index (κ3) is 5.17. The van der Waals surface area contributed by atoms with E-state index in [9.17, 15) is 5.11 Å². The van der Waals surface area contributed by atoms with Gasteiger partial charge in [-0.05, 0) is 38.5 Å². The van der Waals surface area contributed by atoms with Crippen LogP contribution in [0.15, 0.2) is 24.3 Å². The second-order valence-electron chi connectivity index (χ2n) is 4.86. The molecule has 17 heavy (non-hydrogen) atoms. The molecule has 0 spiro atoms. The van der Waals surface area contributed by atoms with Crippen LogP contribution in [0.1, 0.15) is 32.4 Å². The highest BCUT2D eigenvalue weighted by molar-refractivity contribution is 5.29. The topological polar surface area (TPSA) is 50.7 Å². The molecule has 0 aliphatic heterocycles. The van der Waals surface area contributed by atoms with Crippen molar-refractivity contribution in [1.82, 2.24) is 5.48 Å². The quantitative estimate of drug-likeness (QED) is 0.772. The third-order valence-electron chi connectivity index (χ3n) is 2.13. The van der Waals surface area contributed by atoms with Gasteiger partial charge in [-0.25, -0.2) is 0 Å². The lowest BCUT2D eigenvalue weighted by Gasteiger charge is -2.21. The van der Waals surface area contributed by atoms with Gasteiger partial charge in [0, 0.05) is 0 Å². The van der Waals surface area contributed by atoms with Gasteiger partial charge >= 0.3 is 0 Å². The highest BCUT2D eigenvalue weighted by Gasteiger charge is 2.13. The maximum absolute atomic E-state index is 9.94. The number of nitrogens with one attached hydrogen (secondary N) is 1. The number of methoxy groups -OCH3 is 1. The summed E-state index contributed by atoms with van der Waals surface area (Å²) in [7, 11) is 1.60. The second-order valence-corrected chi connectivity index (χ2v) is 4.86. The summed E-state index contributed by atoms with van der Waals surface area (Å²) in [5.74, 6) is 0.735. The van der Waals surface area contributed by atoms with Crippen molar-refractivity contribution in [1.29, 1.82) is 0 Å². The lowest BCUT2D eigenvalue weighted by atomic mass is 10.1. The molecular formula is C13H21NO3. The molecule has 0 amide bonds.